The lowest BCUT2D eigenvalue weighted by atomic mass is 10.1. The third-order valence-corrected chi connectivity index (χ3v) is 7.62. The van der Waals surface area contributed by atoms with E-state index in [2.05, 4.69) is 16.9 Å². The van der Waals surface area contributed by atoms with Crippen LogP contribution in [0.25, 0.3) is 10.9 Å². The molecule has 0 N–H and O–H groups in total. The minimum atomic E-state index is -4.98. The topological polar surface area (TPSA) is 74.6 Å². The first kappa shape index (κ1) is 25.7. The molecule has 6 nitrogen and oxygen atoms in total. The molecule has 0 radical (unpaired) electrons. The van der Waals surface area contributed by atoms with Crippen molar-refractivity contribution >= 4 is 50.1 Å². The third-order valence-electron chi connectivity index (χ3n) is 5.13. The van der Waals surface area contributed by atoms with Crippen LogP contribution in [0.4, 0.5) is 13.2 Å². The molecule has 0 unspecified atom stereocenters. The average molecular weight is 556 g/mol. The van der Waals surface area contributed by atoms with Crippen LogP contribution < -0.4 is 4.74 Å². The third kappa shape index (κ3) is 4.95. The summed E-state index contributed by atoms with van der Waals surface area (Å²) in [7, 11) is -3.20. The number of esters is 1. The fourth-order valence-electron chi connectivity index (χ4n) is 3.61. The number of aromatic nitrogens is 1. The van der Waals surface area contributed by atoms with Gasteiger partial charge in [-0.2, -0.15) is 8.42 Å². The molecule has 186 valence electrons. The minimum absolute atomic E-state index is 0.0101. The number of hydrogen-bond donors (Lipinski definition) is 0. The first-order valence-electron chi connectivity index (χ1n) is 10.0. The molecule has 4 rings (SSSR count). The van der Waals surface area contributed by atoms with Gasteiger partial charge >= 0.3 is 12.3 Å². The number of hydrogen-bond acceptors (Lipinski definition) is 5. The van der Waals surface area contributed by atoms with Crippen molar-refractivity contribution in [1.82, 2.24) is 3.97 Å². The van der Waals surface area contributed by atoms with Crippen molar-refractivity contribution in [2.24, 2.45) is 0 Å². The van der Waals surface area contributed by atoms with E-state index in [1.54, 1.807) is 0 Å². The van der Waals surface area contributed by atoms with Crippen molar-refractivity contribution in [2.75, 3.05) is 7.11 Å². The van der Waals surface area contributed by atoms with Crippen molar-refractivity contribution in [3.8, 4) is 5.75 Å². The monoisotopic (exact) mass is 555 g/mol. The molecule has 0 bridgehead atoms. The maximum absolute atomic E-state index is 13.6. The number of carbonyl (C=O) groups excluding carboxylic acids is 1. The molecule has 1 aromatic heterocycles. The number of fused-ring (bicyclic) bond motifs is 1. The fraction of sp³-hybridized carbons (Fsp3) is 0.125. The predicted molar refractivity (Wildman–Crippen MR) is 126 cm³/mol. The lowest BCUT2D eigenvalue weighted by Gasteiger charge is -2.14. The number of alkyl halides is 3. The summed E-state index contributed by atoms with van der Waals surface area (Å²) in [4.78, 5) is 11.8. The number of nitrogens with zero attached hydrogens (tertiary/aromatic N) is 1. The van der Waals surface area contributed by atoms with Crippen LogP contribution in [0.15, 0.2) is 59.5 Å². The van der Waals surface area contributed by atoms with Gasteiger partial charge in [0.2, 0.25) is 0 Å². The van der Waals surface area contributed by atoms with Gasteiger partial charge in [0.1, 0.15) is 10.6 Å². The molecule has 1 heterocycles. The smallest absolute Gasteiger partial charge is 0.465 e. The van der Waals surface area contributed by atoms with Crippen LogP contribution in [0.5, 0.6) is 5.75 Å². The van der Waals surface area contributed by atoms with Gasteiger partial charge in [-0.05, 0) is 54.1 Å². The lowest BCUT2D eigenvalue weighted by molar-refractivity contribution is -0.274. The molecule has 0 saturated heterocycles. The second-order valence-electron chi connectivity index (χ2n) is 7.39. The van der Waals surface area contributed by atoms with Crippen molar-refractivity contribution in [3.63, 3.8) is 0 Å². The SMILES string of the molecule is COC(=O)c1ccc(Cl)c(Cc2cc3ccc(OC(F)(F)F)cc3n2S(=O)(=O)c2c#cccc2)c1Cl. The van der Waals surface area contributed by atoms with Crippen molar-refractivity contribution in [3.05, 3.63) is 93.6 Å². The maximum Gasteiger partial charge on any atom is 0.573 e. The van der Waals surface area contributed by atoms with Gasteiger partial charge in [-0.1, -0.05) is 35.3 Å². The van der Waals surface area contributed by atoms with Crippen LogP contribution in [0.2, 0.25) is 10.0 Å². The zero-order chi connectivity index (χ0) is 26.3. The van der Waals surface area contributed by atoms with Gasteiger partial charge in [-0.15, -0.1) is 13.2 Å². The first-order chi connectivity index (χ1) is 16.9. The zero-order valence-electron chi connectivity index (χ0n) is 18.2. The van der Waals surface area contributed by atoms with E-state index in [4.69, 9.17) is 27.9 Å². The highest BCUT2D eigenvalue weighted by molar-refractivity contribution is 7.90. The molecule has 0 aliphatic rings. The van der Waals surface area contributed by atoms with E-state index >= 15 is 0 Å². The number of benzene rings is 2. The first-order valence-corrected chi connectivity index (χ1v) is 12.2. The van der Waals surface area contributed by atoms with E-state index in [1.807, 2.05) is 0 Å². The summed E-state index contributed by atoms with van der Waals surface area (Å²) >= 11 is 12.7. The Morgan fingerprint density at radius 2 is 1.86 bits per heavy atom. The van der Waals surface area contributed by atoms with Gasteiger partial charge in [0, 0.05) is 28.6 Å². The van der Waals surface area contributed by atoms with Crippen LogP contribution in [-0.4, -0.2) is 31.8 Å². The molecule has 3 aromatic carbocycles. The number of carbonyl (C=O) groups is 1. The second-order valence-corrected chi connectivity index (χ2v) is 9.93. The standard InChI is InChI=1S/C24H14Cl2F3NO5S/c1-34-23(31)18-9-10-20(25)19(22(18)26)12-15-11-14-7-8-16(35-24(27,28)29)13-21(14)30(15)36(32,33)17-5-3-2-4-6-17/h2-3,5,7-11,13H,12H2,1H3. The highest BCUT2D eigenvalue weighted by atomic mass is 35.5. The average Bonchev–Trinajstić information content (AvgIpc) is 3.19. The van der Waals surface area contributed by atoms with Gasteiger partial charge in [0.15, 0.2) is 0 Å². The van der Waals surface area contributed by atoms with E-state index in [0.717, 1.165) is 16.1 Å². The molecule has 0 atom stereocenters. The predicted octanol–water partition coefficient (Wildman–Crippen LogP) is 6.06. The summed E-state index contributed by atoms with van der Waals surface area (Å²) in [5.41, 5.74) is 0.254. The van der Waals surface area contributed by atoms with E-state index in [1.165, 1.54) is 49.6 Å². The molecule has 0 fully saturated rings. The molecule has 0 aliphatic heterocycles. The summed E-state index contributed by atoms with van der Waals surface area (Å²) in [6, 6.07) is 16.8. The molecule has 0 amide bonds. The molecule has 36 heavy (non-hydrogen) atoms. The fourth-order valence-corrected chi connectivity index (χ4v) is 5.67. The van der Waals surface area contributed by atoms with Gasteiger partial charge in [0.05, 0.1) is 23.2 Å². The Kier molecular flexibility index (Phi) is 6.84. The zero-order valence-corrected chi connectivity index (χ0v) is 20.5. The summed E-state index contributed by atoms with van der Waals surface area (Å²) < 4.78 is 75.3. The summed E-state index contributed by atoms with van der Waals surface area (Å²) in [5, 5.41) is 0.395. The largest absolute Gasteiger partial charge is 0.573 e. The molecule has 0 saturated carbocycles. The van der Waals surface area contributed by atoms with Crippen LogP contribution in [0.3, 0.4) is 0 Å². The maximum atomic E-state index is 13.6. The van der Waals surface area contributed by atoms with E-state index < -0.39 is 28.1 Å². The summed E-state index contributed by atoms with van der Waals surface area (Å²) in [6.07, 6.45) is -5.17. The number of rotatable bonds is 6. The summed E-state index contributed by atoms with van der Waals surface area (Å²) in [5.74, 6) is -1.34. The summed E-state index contributed by atoms with van der Waals surface area (Å²) in [6.45, 7) is 0. The molecular formula is C24H14Cl2F3NO5S. The highest BCUT2D eigenvalue weighted by Crippen LogP contribution is 2.35. The van der Waals surface area contributed by atoms with Crippen molar-refractivity contribution in [1.29, 1.82) is 0 Å². The number of methoxy groups -OCH3 is 1. The number of halogens is 5. The molecule has 4 aromatic rings. The Hall–Kier alpha value is -3.39. The normalized spacial score (nSPS) is 11.8. The Bertz CT molecular complexity index is 1570. The Labute approximate surface area is 213 Å². The van der Waals surface area contributed by atoms with E-state index in [-0.39, 0.29) is 43.7 Å². The van der Waals surface area contributed by atoms with Crippen LogP contribution in [0.1, 0.15) is 21.6 Å². The number of ether oxygens (including phenoxy) is 2. The molecule has 0 spiro atoms. The van der Waals surface area contributed by atoms with Gasteiger partial charge in [-0.25, -0.2) is 8.77 Å². The van der Waals surface area contributed by atoms with Gasteiger partial charge in [0.25, 0.3) is 10.0 Å². The van der Waals surface area contributed by atoms with Crippen LogP contribution in [-0.2, 0) is 21.2 Å². The lowest BCUT2D eigenvalue weighted by Crippen LogP contribution is -2.18. The molecule has 0 aliphatic carbocycles. The Balaban J connectivity index is 1.96. The Morgan fingerprint density at radius 1 is 1.11 bits per heavy atom. The van der Waals surface area contributed by atoms with E-state index in [9.17, 15) is 26.4 Å². The van der Waals surface area contributed by atoms with E-state index in [0.29, 0.717) is 5.39 Å². The van der Waals surface area contributed by atoms with Crippen LogP contribution in [0, 0.1) is 12.1 Å². The van der Waals surface area contributed by atoms with Crippen molar-refractivity contribution in [2.45, 2.75) is 17.7 Å². The quantitative estimate of drug-likeness (QED) is 0.270. The molecular weight excluding hydrogens is 542 g/mol. The van der Waals surface area contributed by atoms with Gasteiger partial charge < -0.3 is 9.47 Å². The van der Waals surface area contributed by atoms with Crippen LogP contribution >= 0.6 is 23.2 Å². The minimum Gasteiger partial charge on any atom is -0.465 e. The highest BCUT2D eigenvalue weighted by Gasteiger charge is 2.32. The van der Waals surface area contributed by atoms with Gasteiger partial charge in [-0.3, -0.25) is 0 Å². The second kappa shape index (κ2) is 9.58. The van der Waals surface area contributed by atoms with Crippen molar-refractivity contribution < 1.29 is 35.9 Å². The Morgan fingerprint density at radius 3 is 2.50 bits per heavy atom. The molecule has 12 heteroatoms.